The lowest BCUT2D eigenvalue weighted by atomic mass is 10.1. The minimum absolute atomic E-state index is 0.0409. The summed E-state index contributed by atoms with van der Waals surface area (Å²) in [4.78, 5) is 25.2. The highest BCUT2D eigenvalue weighted by Crippen LogP contribution is 2.11. The Bertz CT molecular complexity index is 874. The zero-order valence-electron chi connectivity index (χ0n) is 12.9. The zero-order chi connectivity index (χ0) is 16.9. The van der Waals surface area contributed by atoms with Gasteiger partial charge in [0.1, 0.15) is 0 Å². The Hall–Kier alpha value is -2.59. The van der Waals surface area contributed by atoms with Crippen LogP contribution in [0.15, 0.2) is 83.5 Å². The number of pyridine rings is 1. The molecule has 1 heterocycles. The van der Waals surface area contributed by atoms with Crippen molar-refractivity contribution in [3.05, 3.63) is 100 Å². The molecule has 0 fully saturated rings. The third-order valence-electron chi connectivity index (χ3n) is 3.69. The summed E-state index contributed by atoms with van der Waals surface area (Å²) < 4.78 is 2.62. The van der Waals surface area contributed by atoms with Crippen LogP contribution in [0.4, 0.5) is 0 Å². The van der Waals surface area contributed by atoms with E-state index in [1.54, 1.807) is 47.2 Å². The Morgan fingerprint density at radius 2 is 1.46 bits per heavy atom. The van der Waals surface area contributed by atoms with E-state index in [4.69, 9.17) is 0 Å². The van der Waals surface area contributed by atoms with Crippen LogP contribution in [-0.2, 0) is 6.54 Å². The average molecular weight is 381 g/mol. The van der Waals surface area contributed by atoms with Crippen molar-refractivity contribution >= 4 is 27.5 Å². The predicted octanol–water partition coefficient (Wildman–Crippen LogP) is 3.85. The highest BCUT2D eigenvalue weighted by atomic mass is 79.9. The number of rotatable bonds is 5. The number of carbonyl (C=O) groups is 2. The van der Waals surface area contributed by atoms with Crippen molar-refractivity contribution < 1.29 is 14.2 Å². The van der Waals surface area contributed by atoms with E-state index in [0.29, 0.717) is 16.8 Å². The minimum atomic E-state index is -0.0974. The average Bonchev–Trinajstić information content (AvgIpc) is 2.63. The van der Waals surface area contributed by atoms with Gasteiger partial charge in [0, 0.05) is 27.7 Å². The summed E-state index contributed by atoms with van der Waals surface area (Å²) in [6.07, 6.45) is 1.76. The maximum Gasteiger partial charge on any atom is 0.256 e. The molecule has 3 rings (SSSR count). The first-order valence-electron chi connectivity index (χ1n) is 7.52. The van der Waals surface area contributed by atoms with Gasteiger partial charge in [-0.05, 0) is 18.2 Å². The molecule has 2 aromatic carbocycles. The molecule has 0 N–H and O–H groups in total. The lowest BCUT2D eigenvalue weighted by Crippen LogP contribution is -2.43. The first-order chi connectivity index (χ1) is 11.6. The molecule has 1 aromatic heterocycles. The molecule has 3 nitrogen and oxygen atoms in total. The van der Waals surface area contributed by atoms with Gasteiger partial charge in [0.15, 0.2) is 6.20 Å². The number of benzene rings is 2. The third-order valence-corrected chi connectivity index (χ3v) is 4.22. The van der Waals surface area contributed by atoms with Crippen molar-refractivity contribution in [2.24, 2.45) is 0 Å². The van der Waals surface area contributed by atoms with E-state index >= 15 is 0 Å². The molecule has 0 aliphatic heterocycles. The van der Waals surface area contributed by atoms with Gasteiger partial charge in [-0.3, -0.25) is 9.59 Å². The van der Waals surface area contributed by atoms with Gasteiger partial charge in [0.25, 0.3) is 11.5 Å². The molecule has 0 aliphatic rings. The van der Waals surface area contributed by atoms with Crippen LogP contribution in [0.3, 0.4) is 0 Å². The summed E-state index contributed by atoms with van der Waals surface area (Å²) in [5.74, 6) is -0.138. The molecule has 0 aliphatic carbocycles. The van der Waals surface area contributed by atoms with Crippen LogP contribution in [-0.4, -0.2) is 11.6 Å². The Kier molecular flexibility index (Phi) is 4.96. The summed E-state index contributed by atoms with van der Waals surface area (Å²) in [6.45, 7) is 0.121. The van der Waals surface area contributed by atoms with Gasteiger partial charge in [-0.25, -0.2) is 0 Å². The Morgan fingerprint density at radius 3 is 2.17 bits per heavy atom. The Balaban J connectivity index is 1.88. The first-order valence-corrected chi connectivity index (χ1v) is 8.31. The van der Waals surface area contributed by atoms with Gasteiger partial charge >= 0.3 is 0 Å². The molecule has 0 amide bonds. The van der Waals surface area contributed by atoms with Gasteiger partial charge in [-0.1, -0.05) is 58.4 Å². The largest absolute Gasteiger partial charge is 0.287 e. The molecule has 0 atom stereocenters. The Morgan fingerprint density at radius 1 is 0.792 bits per heavy atom. The van der Waals surface area contributed by atoms with Crippen LogP contribution < -0.4 is 4.57 Å². The molecular weight excluding hydrogens is 366 g/mol. The molecule has 0 radical (unpaired) electrons. The normalized spacial score (nSPS) is 10.4. The smallest absolute Gasteiger partial charge is 0.256 e. The quantitative estimate of drug-likeness (QED) is 0.497. The van der Waals surface area contributed by atoms with E-state index in [-0.39, 0.29) is 18.1 Å². The Labute approximate surface area is 148 Å². The van der Waals surface area contributed by atoms with E-state index < -0.39 is 0 Å². The summed E-state index contributed by atoms with van der Waals surface area (Å²) in [7, 11) is 0. The fraction of sp³-hybridized carbons (Fsp3) is 0.0500. The molecule has 0 saturated carbocycles. The van der Waals surface area contributed by atoms with Crippen LogP contribution >= 0.6 is 15.9 Å². The number of aromatic nitrogens is 1. The predicted molar refractivity (Wildman–Crippen MR) is 95.0 cm³/mol. The zero-order valence-corrected chi connectivity index (χ0v) is 14.4. The van der Waals surface area contributed by atoms with E-state index in [0.717, 1.165) is 4.47 Å². The number of carbonyl (C=O) groups excluding carboxylic acids is 2. The lowest BCUT2D eigenvalue weighted by molar-refractivity contribution is -0.684. The maximum atomic E-state index is 12.7. The fourth-order valence-corrected chi connectivity index (χ4v) is 2.70. The number of Topliss-reactive ketones (excluding diaryl/α,β-unsaturated/α-hetero) is 1. The summed E-state index contributed by atoms with van der Waals surface area (Å²) in [5, 5.41) is 0. The van der Waals surface area contributed by atoms with E-state index in [9.17, 15) is 9.59 Å². The SMILES string of the molecule is O=C(C[n+]1ccccc1C(=O)c1ccccc1)c1ccc(Br)cc1. The van der Waals surface area contributed by atoms with Crippen LogP contribution in [0, 0.1) is 0 Å². The topological polar surface area (TPSA) is 38.0 Å². The number of halogens is 1. The third kappa shape index (κ3) is 3.66. The second-order valence-corrected chi connectivity index (χ2v) is 6.25. The van der Waals surface area contributed by atoms with Crippen molar-refractivity contribution in [1.29, 1.82) is 0 Å². The minimum Gasteiger partial charge on any atom is -0.287 e. The van der Waals surface area contributed by atoms with E-state index in [1.807, 2.05) is 36.4 Å². The summed E-state index contributed by atoms with van der Waals surface area (Å²) >= 11 is 3.36. The molecule has 4 heteroatoms. The fourth-order valence-electron chi connectivity index (χ4n) is 2.44. The van der Waals surface area contributed by atoms with Gasteiger partial charge in [-0.15, -0.1) is 0 Å². The lowest BCUT2D eigenvalue weighted by Gasteiger charge is -2.04. The van der Waals surface area contributed by atoms with E-state index in [2.05, 4.69) is 15.9 Å². The molecule has 0 unspecified atom stereocenters. The second-order valence-electron chi connectivity index (χ2n) is 5.34. The van der Waals surface area contributed by atoms with Crippen LogP contribution in [0.5, 0.6) is 0 Å². The molecule has 0 saturated heterocycles. The molecule has 118 valence electrons. The van der Waals surface area contributed by atoms with E-state index in [1.165, 1.54) is 0 Å². The highest BCUT2D eigenvalue weighted by molar-refractivity contribution is 9.10. The van der Waals surface area contributed by atoms with Gasteiger partial charge in [0.2, 0.25) is 12.3 Å². The van der Waals surface area contributed by atoms with Crippen molar-refractivity contribution in [2.75, 3.05) is 0 Å². The van der Waals surface area contributed by atoms with Gasteiger partial charge in [0.05, 0.1) is 0 Å². The number of hydrogen-bond donors (Lipinski definition) is 0. The monoisotopic (exact) mass is 380 g/mol. The van der Waals surface area contributed by atoms with Crippen LogP contribution in [0.1, 0.15) is 26.4 Å². The van der Waals surface area contributed by atoms with Gasteiger partial charge in [-0.2, -0.15) is 4.57 Å². The highest BCUT2D eigenvalue weighted by Gasteiger charge is 2.22. The molecule has 24 heavy (non-hydrogen) atoms. The van der Waals surface area contributed by atoms with Crippen LogP contribution in [0.25, 0.3) is 0 Å². The molecule has 3 aromatic rings. The molecule has 0 bridgehead atoms. The number of ketones is 2. The van der Waals surface area contributed by atoms with Crippen molar-refractivity contribution in [3.63, 3.8) is 0 Å². The van der Waals surface area contributed by atoms with Crippen molar-refractivity contribution in [1.82, 2.24) is 0 Å². The van der Waals surface area contributed by atoms with Crippen molar-refractivity contribution in [2.45, 2.75) is 6.54 Å². The summed E-state index contributed by atoms with van der Waals surface area (Å²) in [5.41, 5.74) is 1.72. The maximum absolute atomic E-state index is 12.7. The second kappa shape index (κ2) is 7.32. The van der Waals surface area contributed by atoms with Gasteiger partial charge < -0.3 is 0 Å². The summed E-state index contributed by atoms with van der Waals surface area (Å²) in [6, 6.07) is 21.6. The van der Waals surface area contributed by atoms with Crippen LogP contribution in [0.2, 0.25) is 0 Å². The number of hydrogen-bond acceptors (Lipinski definition) is 2. The molecule has 0 spiro atoms. The van der Waals surface area contributed by atoms with Crippen molar-refractivity contribution in [3.8, 4) is 0 Å². The standard InChI is InChI=1S/C20H15BrNO2/c21-17-11-9-15(10-12-17)19(23)14-22-13-5-4-8-18(22)20(24)16-6-2-1-3-7-16/h1-13H,14H2/q+1. The first kappa shape index (κ1) is 16.3. The molecular formula is C20H15BrNO2+. The number of nitrogens with zero attached hydrogens (tertiary/aromatic N) is 1.